The molecule has 3 N–H and O–H groups in total. The molecule has 6 heavy (non-hydrogen) atoms. The molecule has 3 nitrogen and oxygen atoms in total. The third-order valence-electron chi connectivity index (χ3n) is 0. The maximum absolute atomic E-state index is 7.17. The molecule has 2 radical (unpaired) electrons. The summed E-state index contributed by atoms with van der Waals surface area (Å²) < 4.78 is 0. The van der Waals surface area contributed by atoms with Crippen molar-refractivity contribution in [1.29, 1.82) is 0 Å². The quantitative estimate of drug-likeness (QED) is 0.410. The van der Waals surface area contributed by atoms with Gasteiger partial charge in [0.1, 0.15) is 0 Å². The van der Waals surface area contributed by atoms with Gasteiger partial charge in [-0.25, -0.2) is 0 Å². The molecule has 0 heterocycles. The standard InChI is InChI=1S/BH3O3.Eu.Na/c2-1(3)4;;/h2-4H;;. The molecule has 0 unspecified atom stereocenters. The van der Waals surface area contributed by atoms with Gasteiger partial charge in [0.2, 0.25) is 0 Å². The number of rotatable bonds is 0. The van der Waals surface area contributed by atoms with Crippen LogP contribution in [0.5, 0.6) is 0 Å². The fourth-order valence-electron chi connectivity index (χ4n) is 0. The van der Waals surface area contributed by atoms with Gasteiger partial charge in [0.05, 0.1) is 0 Å². The van der Waals surface area contributed by atoms with Crippen LogP contribution < -0.4 is 0 Å². The molecule has 0 saturated carbocycles. The van der Waals surface area contributed by atoms with E-state index in [9.17, 15) is 0 Å². The second-order valence-corrected chi connectivity index (χ2v) is 0.346. The Morgan fingerprint density at radius 3 is 1.00 bits per heavy atom. The van der Waals surface area contributed by atoms with Crippen molar-refractivity contribution < 1.29 is 64.4 Å². The van der Waals surface area contributed by atoms with Crippen molar-refractivity contribution in [1.82, 2.24) is 0 Å². The van der Waals surface area contributed by atoms with Crippen molar-refractivity contribution in [3.05, 3.63) is 0 Å². The third-order valence-corrected chi connectivity index (χ3v) is 0. The van der Waals surface area contributed by atoms with E-state index in [1.165, 1.54) is 0 Å². The average molecular weight is 237 g/mol. The monoisotopic (exact) mass is 238 g/mol. The van der Waals surface area contributed by atoms with E-state index in [2.05, 4.69) is 0 Å². The summed E-state index contributed by atoms with van der Waals surface area (Å²) in [6.45, 7) is 0. The zero-order chi connectivity index (χ0) is 3.58. The molecule has 0 bridgehead atoms. The van der Waals surface area contributed by atoms with Gasteiger partial charge in [-0.2, -0.15) is 0 Å². The van der Waals surface area contributed by atoms with Gasteiger partial charge in [-0.3, -0.25) is 0 Å². The van der Waals surface area contributed by atoms with Crippen molar-refractivity contribution in [2.45, 2.75) is 0 Å². The third kappa shape index (κ3) is 31.2. The Bertz CT molecular complexity index is 15.5. The first kappa shape index (κ1) is 15.8. The summed E-state index contributed by atoms with van der Waals surface area (Å²) >= 11 is 0. The van der Waals surface area contributed by atoms with Crippen molar-refractivity contribution in [2.75, 3.05) is 0 Å². The topological polar surface area (TPSA) is 60.7 Å². The van der Waals surface area contributed by atoms with E-state index >= 15 is 0 Å². The molecule has 0 atom stereocenters. The molecule has 32 valence electrons. The van der Waals surface area contributed by atoms with Gasteiger partial charge in [0.25, 0.3) is 0 Å². The summed E-state index contributed by atoms with van der Waals surface area (Å²) in [6.07, 6.45) is 0. The van der Waals surface area contributed by atoms with Crippen LogP contribution in [-0.4, -0.2) is 52.0 Å². The molecule has 0 rings (SSSR count). The predicted molar refractivity (Wildman–Crippen MR) is 18.2 cm³/mol. The summed E-state index contributed by atoms with van der Waals surface area (Å²) in [5.41, 5.74) is 0. The summed E-state index contributed by atoms with van der Waals surface area (Å²) in [6, 6.07) is 0. The van der Waals surface area contributed by atoms with E-state index in [-0.39, 0.29) is 78.9 Å². The second kappa shape index (κ2) is 10.5. The average Bonchev–Trinajstić information content (AvgIpc) is 0.811. The van der Waals surface area contributed by atoms with Crippen LogP contribution in [-0.2, 0) is 0 Å². The maximum Gasteiger partial charge on any atom is 0.631 e. The molecule has 0 fully saturated rings. The molecule has 0 aromatic rings. The molecule has 0 aliphatic rings. The van der Waals surface area contributed by atoms with Crippen LogP contribution in [0.3, 0.4) is 0 Å². The molecule has 0 amide bonds. The Morgan fingerprint density at radius 1 is 1.00 bits per heavy atom. The molecule has 0 aliphatic carbocycles. The number of hydrogen-bond acceptors (Lipinski definition) is 3. The van der Waals surface area contributed by atoms with Crippen LogP contribution in [0, 0.1) is 49.4 Å². The van der Waals surface area contributed by atoms with Gasteiger partial charge in [-0.15, -0.1) is 0 Å². The summed E-state index contributed by atoms with van der Waals surface area (Å²) in [5.74, 6) is 0. The smallest absolute Gasteiger partial charge is 0.402 e. The molecule has 0 saturated heterocycles. The minimum atomic E-state index is -2.17. The van der Waals surface area contributed by atoms with E-state index in [4.69, 9.17) is 15.1 Å². The summed E-state index contributed by atoms with van der Waals surface area (Å²) in [5, 5.41) is 21.5. The normalized spacial score (nSPS) is 4.50. The molecule has 6 heteroatoms. The summed E-state index contributed by atoms with van der Waals surface area (Å²) in [4.78, 5) is 0. The first-order valence-electron chi connectivity index (χ1n) is 0.775. The molecular weight excluding hydrogens is 234 g/mol. The van der Waals surface area contributed by atoms with Crippen LogP contribution in [0.4, 0.5) is 0 Å². The minimum absolute atomic E-state index is 0. The van der Waals surface area contributed by atoms with Crippen molar-refractivity contribution in [2.24, 2.45) is 0 Å². The Morgan fingerprint density at radius 2 is 1.00 bits per heavy atom. The Hall–Kier alpha value is 2.53. The Balaban J connectivity index is -0.0000000450. The van der Waals surface area contributed by atoms with Crippen LogP contribution >= 0.6 is 0 Å². The minimum Gasteiger partial charge on any atom is -0.402 e. The van der Waals surface area contributed by atoms with Gasteiger partial charge >= 0.3 is 7.32 Å². The summed E-state index contributed by atoms with van der Waals surface area (Å²) in [7, 11) is -2.17. The van der Waals surface area contributed by atoms with Gasteiger partial charge in [-0.05, 0) is 0 Å². The molecule has 0 aromatic heterocycles. The Labute approximate surface area is 99.1 Å². The SMILES string of the molecule is OB(O)O.[Eu].[Na]. The van der Waals surface area contributed by atoms with Crippen LogP contribution in [0.25, 0.3) is 0 Å². The van der Waals surface area contributed by atoms with Gasteiger partial charge < -0.3 is 15.1 Å². The molecule has 0 spiro atoms. The molecular formula is H3BEuNaO3. The van der Waals surface area contributed by atoms with Crippen LogP contribution in [0.1, 0.15) is 0 Å². The zero-order valence-corrected chi connectivity index (χ0v) is 7.72. The van der Waals surface area contributed by atoms with Crippen molar-refractivity contribution in [3.63, 3.8) is 0 Å². The zero-order valence-electron chi connectivity index (χ0n) is 3.30. The fraction of sp³-hybridized carbons (Fsp3) is 0. The fourth-order valence-corrected chi connectivity index (χ4v) is 0. The van der Waals surface area contributed by atoms with Gasteiger partial charge in [0.15, 0.2) is 0 Å². The van der Waals surface area contributed by atoms with Crippen molar-refractivity contribution in [3.8, 4) is 0 Å². The van der Waals surface area contributed by atoms with E-state index in [1.54, 1.807) is 0 Å². The molecule has 0 aromatic carbocycles. The van der Waals surface area contributed by atoms with Crippen LogP contribution in [0.15, 0.2) is 0 Å². The van der Waals surface area contributed by atoms with Gasteiger partial charge in [0, 0.05) is 78.9 Å². The number of hydrogen-bond donors (Lipinski definition) is 3. The largest absolute Gasteiger partial charge is 0.631 e. The first-order valence-corrected chi connectivity index (χ1v) is 0.775. The van der Waals surface area contributed by atoms with E-state index in [1.807, 2.05) is 0 Å². The Kier molecular flexibility index (Phi) is 27.7. The van der Waals surface area contributed by atoms with Gasteiger partial charge in [-0.1, -0.05) is 0 Å². The predicted octanol–water partition coefficient (Wildman–Crippen LogP) is -2.43. The van der Waals surface area contributed by atoms with Crippen molar-refractivity contribution >= 4 is 36.9 Å². The first-order chi connectivity index (χ1) is 1.73. The van der Waals surface area contributed by atoms with E-state index in [0.717, 1.165) is 0 Å². The maximum atomic E-state index is 7.17. The van der Waals surface area contributed by atoms with E-state index in [0.29, 0.717) is 0 Å². The van der Waals surface area contributed by atoms with Crippen LogP contribution in [0.2, 0.25) is 0 Å². The second-order valence-electron chi connectivity index (χ2n) is 0.346. The van der Waals surface area contributed by atoms with E-state index < -0.39 is 7.32 Å². The molecule has 0 aliphatic heterocycles.